The van der Waals surface area contributed by atoms with Gasteiger partial charge in [0.2, 0.25) is 0 Å². The van der Waals surface area contributed by atoms with Crippen molar-refractivity contribution in [2.45, 2.75) is 37.5 Å². The van der Waals surface area contributed by atoms with Crippen molar-refractivity contribution in [3.8, 4) is 67.7 Å². The fourth-order valence-electron chi connectivity index (χ4n) is 10.9. The van der Waals surface area contributed by atoms with Crippen LogP contribution in [0, 0.1) is 23.7 Å². The van der Waals surface area contributed by atoms with Crippen LogP contribution in [0.25, 0.3) is 67.7 Å². The summed E-state index contributed by atoms with van der Waals surface area (Å²) >= 11 is 0. The van der Waals surface area contributed by atoms with E-state index in [4.69, 9.17) is 19.9 Å². The van der Waals surface area contributed by atoms with Crippen LogP contribution in [0.1, 0.15) is 43.2 Å². The number of aromatic nitrogens is 4. The molecule has 4 nitrogen and oxygen atoms in total. The van der Waals surface area contributed by atoms with Gasteiger partial charge in [0.25, 0.3) is 0 Å². The molecule has 0 radical (unpaired) electrons. The predicted molar refractivity (Wildman–Crippen MR) is 208 cm³/mol. The van der Waals surface area contributed by atoms with Gasteiger partial charge in [0.15, 0.2) is 17.5 Å². The summed E-state index contributed by atoms with van der Waals surface area (Å²) in [5, 5.41) is 0. The molecule has 0 unspecified atom stereocenters. The van der Waals surface area contributed by atoms with Gasteiger partial charge in [-0.15, -0.1) is 0 Å². The van der Waals surface area contributed by atoms with E-state index in [2.05, 4.69) is 133 Å². The molecule has 12 rings (SSSR count). The highest BCUT2D eigenvalue weighted by Crippen LogP contribution is 2.69. The van der Waals surface area contributed by atoms with Crippen LogP contribution >= 0.6 is 0 Å². The van der Waals surface area contributed by atoms with Gasteiger partial charge in [0, 0.05) is 33.9 Å². The molecule has 7 aromatic rings. The number of pyridine rings is 1. The Balaban J connectivity index is 1.14. The Morgan fingerprint density at radius 1 is 0.423 bits per heavy atom. The maximum Gasteiger partial charge on any atom is 0.164 e. The molecule has 4 bridgehead atoms. The van der Waals surface area contributed by atoms with E-state index in [1.165, 1.54) is 48.8 Å². The summed E-state index contributed by atoms with van der Waals surface area (Å²) in [6.45, 7) is 0. The fourth-order valence-corrected chi connectivity index (χ4v) is 10.9. The van der Waals surface area contributed by atoms with Crippen LogP contribution in [0.3, 0.4) is 0 Å². The van der Waals surface area contributed by atoms with Gasteiger partial charge < -0.3 is 0 Å². The molecule has 0 N–H and O–H groups in total. The molecule has 0 aliphatic heterocycles. The first-order valence-electron chi connectivity index (χ1n) is 18.9. The third-order valence-electron chi connectivity index (χ3n) is 12.7. The van der Waals surface area contributed by atoms with E-state index in [0.29, 0.717) is 29.3 Å². The molecule has 2 heterocycles. The van der Waals surface area contributed by atoms with Crippen molar-refractivity contribution in [1.82, 2.24) is 19.9 Å². The second-order valence-electron chi connectivity index (χ2n) is 15.5. The Morgan fingerprint density at radius 2 is 0.942 bits per heavy atom. The minimum absolute atomic E-state index is 0.0229. The van der Waals surface area contributed by atoms with Gasteiger partial charge in [0.05, 0.1) is 5.69 Å². The molecule has 250 valence electrons. The van der Waals surface area contributed by atoms with E-state index in [0.717, 1.165) is 56.5 Å². The first kappa shape index (κ1) is 29.9. The Kier molecular flexibility index (Phi) is 6.70. The Bertz CT molecular complexity index is 2390. The van der Waals surface area contributed by atoms with Crippen LogP contribution in [0.2, 0.25) is 0 Å². The summed E-state index contributed by atoms with van der Waals surface area (Å²) in [7, 11) is 0. The molecular formula is C48H38N4. The van der Waals surface area contributed by atoms with E-state index in [1.54, 1.807) is 0 Å². The van der Waals surface area contributed by atoms with Crippen molar-refractivity contribution in [2.75, 3.05) is 0 Å². The second kappa shape index (κ2) is 11.6. The zero-order valence-corrected chi connectivity index (χ0v) is 29.0. The molecule has 0 saturated heterocycles. The maximum absolute atomic E-state index is 5.39. The topological polar surface area (TPSA) is 51.6 Å². The lowest BCUT2D eigenvalue weighted by molar-refractivity contribution is -0.0399. The van der Waals surface area contributed by atoms with E-state index >= 15 is 0 Å². The van der Waals surface area contributed by atoms with Crippen LogP contribution in [-0.4, -0.2) is 19.9 Å². The number of hydrogen-bond acceptors (Lipinski definition) is 4. The lowest BCUT2D eigenvalue weighted by Gasteiger charge is -2.61. The van der Waals surface area contributed by atoms with Gasteiger partial charge in [0.1, 0.15) is 0 Å². The molecule has 1 spiro atoms. The van der Waals surface area contributed by atoms with E-state index in [-0.39, 0.29) is 5.41 Å². The molecule has 4 saturated carbocycles. The smallest absolute Gasteiger partial charge is 0.164 e. The molecule has 52 heavy (non-hydrogen) atoms. The summed E-state index contributed by atoms with van der Waals surface area (Å²) in [5.41, 5.74) is 12.8. The standard InChI is InChI=1S/C48H38N4/c1-4-12-32(13-5-1)35-27-36(33-14-6-2-7-15-33)29-37(28-35)46-50-45(34-16-8-3-9-17-34)51-47(52-46)40-18-10-19-41-43(40)44-42(20-11-21-49-44)48(41)38-23-30-22-31(25-38)26-39(48)24-30/h1-21,27-31,38-39H,22-26H2. The minimum Gasteiger partial charge on any atom is -0.256 e. The lowest BCUT2D eigenvalue weighted by Crippen LogP contribution is -2.55. The summed E-state index contributed by atoms with van der Waals surface area (Å²) in [5.74, 6) is 5.13. The zero-order valence-electron chi connectivity index (χ0n) is 29.0. The number of nitrogens with zero attached hydrogens (tertiary/aromatic N) is 4. The SMILES string of the molecule is c1ccc(-c2cc(-c3ccccc3)cc(-c3nc(-c4ccccc4)nc(-c4cccc5c4-c4ncccc4C54C5CC6CC(C5)CC4C6)n3)c2)cc1. The zero-order chi connectivity index (χ0) is 34.2. The van der Waals surface area contributed by atoms with Crippen LogP contribution < -0.4 is 0 Å². The fraction of sp³-hybridized carbons (Fsp3) is 0.208. The third-order valence-corrected chi connectivity index (χ3v) is 12.7. The van der Waals surface area contributed by atoms with E-state index in [9.17, 15) is 0 Å². The largest absolute Gasteiger partial charge is 0.256 e. The van der Waals surface area contributed by atoms with E-state index in [1.807, 2.05) is 12.3 Å². The van der Waals surface area contributed by atoms with Gasteiger partial charge in [-0.3, -0.25) is 4.98 Å². The third kappa shape index (κ3) is 4.53. The van der Waals surface area contributed by atoms with Crippen LogP contribution in [0.5, 0.6) is 0 Å². The van der Waals surface area contributed by atoms with Gasteiger partial charge in [-0.05, 0) is 113 Å². The number of rotatable bonds is 5. The quantitative estimate of drug-likeness (QED) is 0.183. The average Bonchev–Trinajstić information content (AvgIpc) is 3.51. The van der Waals surface area contributed by atoms with Gasteiger partial charge in [-0.1, -0.05) is 115 Å². The van der Waals surface area contributed by atoms with E-state index < -0.39 is 0 Å². The normalized spacial score (nSPS) is 23.5. The highest BCUT2D eigenvalue weighted by molar-refractivity contribution is 5.90. The summed E-state index contributed by atoms with van der Waals surface area (Å²) in [4.78, 5) is 21.1. The number of fused-ring (bicyclic) bond motifs is 3. The van der Waals surface area contributed by atoms with Crippen LogP contribution in [0.4, 0.5) is 0 Å². The van der Waals surface area contributed by atoms with Crippen molar-refractivity contribution >= 4 is 0 Å². The van der Waals surface area contributed by atoms with Crippen molar-refractivity contribution < 1.29 is 0 Å². The van der Waals surface area contributed by atoms with Crippen molar-refractivity contribution in [3.63, 3.8) is 0 Å². The molecule has 4 fully saturated rings. The van der Waals surface area contributed by atoms with Crippen LogP contribution in [0.15, 0.2) is 146 Å². The molecule has 0 atom stereocenters. The summed E-state index contributed by atoms with van der Waals surface area (Å²) in [6.07, 6.45) is 8.74. The van der Waals surface area contributed by atoms with Crippen molar-refractivity contribution in [3.05, 3.63) is 157 Å². The van der Waals surface area contributed by atoms with Gasteiger partial charge in [-0.2, -0.15) is 0 Å². The average molecular weight is 671 g/mol. The second-order valence-corrected chi connectivity index (χ2v) is 15.5. The predicted octanol–water partition coefficient (Wildman–Crippen LogP) is 11.3. The number of benzene rings is 5. The van der Waals surface area contributed by atoms with Crippen LogP contribution in [-0.2, 0) is 5.41 Å². The Morgan fingerprint density at radius 3 is 1.56 bits per heavy atom. The molecule has 4 heteroatoms. The van der Waals surface area contributed by atoms with Gasteiger partial charge >= 0.3 is 0 Å². The Labute approximate surface area is 304 Å². The van der Waals surface area contributed by atoms with Crippen molar-refractivity contribution in [1.29, 1.82) is 0 Å². The Hall–Kier alpha value is -5.74. The molecule has 5 aliphatic rings. The molecule has 5 aromatic carbocycles. The first-order valence-corrected chi connectivity index (χ1v) is 18.9. The van der Waals surface area contributed by atoms with Crippen molar-refractivity contribution in [2.24, 2.45) is 23.7 Å². The maximum atomic E-state index is 5.39. The molecule has 0 amide bonds. The van der Waals surface area contributed by atoms with Gasteiger partial charge in [-0.25, -0.2) is 15.0 Å². The number of hydrogen-bond donors (Lipinski definition) is 0. The molecule has 5 aliphatic carbocycles. The highest BCUT2D eigenvalue weighted by atomic mass is 15.0. The first-order chi connectivity index (χ1) is 25.7. The summed E-state index contributed by atoms with van der Waals surface area (Å²) < 4.78 is 0. The highest BCUT2D eigenvalue weighted by Gasteiger charge is 2.62. The molecular weight excluding hydrogens is 633 g/mol. The lowest BCUT2D eigenvalue weighted by atomic mass is 9.43. The minimum atomic E-state index is 0.0229. The summed E-state index contributed by atoms with van der Waals surface area (Å²) in [6, 6.07) is 49.7. The monoisotopic (exact) mass is 670 g/mol. The molecule has 2 aromatic heterocycles.